The fourth-order valence-electron chi connectivity index (χ4n) is 5.97. The number of ether oxygens (including phenoxy) is 1. The maximum absolute atomic E-state index is 9.16. The fraction of sp³-hybridized carbons (Fsp3) is 0.586. The second kappa shape index (κ2) is 12.2. The summed E-state index contributed by atoms with van der Waals surface area (Å²) < 4.78 is 6.21. The van der Waals surface area contributed by atoms with Crippen molar-refractivity contribution < 1.29 is 4.74 Å². The van der Waals surface area contributed by atoms with Crippen molar-refractivity contribution >= 4 is 28.5 Å². The summed E-state index contributed by atoms with van der Waals surface area (Å²) in [4.78, 5) is 14.7. The molecule has 0 radical (unpaired) electrons. The third kappa shape index (κ3) is 6.43. The van der Waals surface area contributed by atoms with Crippen molar-refractivity contribution in [3.63, 3.8) is 0 Å². The van der Waals surface area contributed by atoms with Gasteiger partial charge in [0.25, 0.3) is 0 Å². The van der Waals surface area contributed by atoms with Crippen LogP contribution in [0.3, 0.4) is 0 Å². The van der Waals surface area contributed by atoms with Gasteiger partial charge in [-0.1, -0.05) is 13.8 Å². The van der Waals surface area contributed by atoms with Gasteiger partial charge in [0.2, 0.25) is 5.95 Å². The maximum atomic E-state index is 9.16. The molecule has 208 valence electrons. The molecule has 10 nitrogen and oxygen atoms in total. The summed E-state index contributed by atoms with van der Waals surface area (Å²) in [6.07, 6.45) is 6.93. The van der Waals surface area contributed by atoms with Gasteiger partial charge in [0.1, 0.15) is 17.7 Å². The van der Waals surface area contributed by atoms with Crippen molar-refractivity contribution in [2.75, 3.05) is 43.9 Å². The van der Waals surface area contributed by atoms with E-state index in [9.17, 15) is 0 Å². The summed E-state index contributed by atoms with van der Waals surface area (Å²) in [6, 6.07) is 9.49. The van der Waals surface area contributed by atoms with E-state index >= 15 is 0 Å². The number of rotatable bonds is 9. The SMILES string of the molecule is CC[C@@H]1CC(Nc2nc(NC3=NNCC(C)=C3)c3ccc(OC4CN(C)C4)cc3n2)C[C@H](CC)N1CCC#N. The number of aromatic nitrogens is 2. The van der Waals surface area contributed by atoms with Gasteiger partial charge in [-0.3, -0.25) is 9.80 Å². The molecule has 2 aromatic rings. The van der Waals surface area contributed by atoms with Crippen LogP contribution in [-0.4, -0.2) is 83.1 Å². The van der Waals surface area contributed by atoms with Gasteiger partial charge in [0, 0.05) is 55.6 Å². The van der Waals surface area contributed by atoms with E-state index in [1.54, 1.807) is 0 Å². The molecule has 0 spiro atoms. The number of likely N-dealkylation sites (N-methyl/N-ethyl adjacent to an activating group) is 1. The first-order chi connectivity index (χ1) is 18.9. The van der Waals surface area contributed by atoms with Gasteiger partial charge in [0.05, 0.1) is 18.1 Å². The summed E-state index contributed by atoms with van der Waals surface area (Å²) in [5.41, 5.74) is 5.10. The van der Waals surface area contributed by atoms with Gasteiger partial charge in [-0.25, -0.2) is 4.98 Å². The average molecular weight is 532 g/mol. The summed E-state index contributed by atoms with van der Waals surface area (Å²) >= 11 is 0. The van der Waals surface area contributed by atoms with E-state index in [1.165, 1.54) is 5.57 Å². The molecular formula is C29H41N9O. The lowest BCUT2D eigenvalue weighted by Crippen LogP contribution is -2.52. The van der Waals surface area contributed by atoms with E-state index in [1.807, 2.05) is 24.3 Å². The van der Waals surface area contributed by atoms with E-state index in [0.29, 0.717) is 24.5 Å². The monoisotopic (exact) mass is 531 g/mol. The van der Waals surface area contributed by atoms with Crippen LogP contribution in [-0.2, 0) is 0 Å². The van der Waals surface area contributed by atoms with Gasteiger partial charge in [-0.05, 0) is 63.4 Å². The minimum atomic E-state index is 0.212. The number of nitrogens with zero attached hydrogens (tertiary/aromatic N) is 6. The second-order valence-corrected chi connectivity index (χ2v) is 11.1. The molecule has 2 saturated heterocycles. The molecule has 1 aromatic carbocycles. The summed E-state index contributed by atoms with van der Waals surface area (Å²) in [5, 5.41) is 21.6. The molecule has 3 N–H and O–H groups in total. The first-order valence-corrected chi connectivity index (χ1v) is 14.3. The zero-order valence-electron chi connectivity index (χ0n) is 23.6. The number of hydrogen-bond donors (Lipinski definition) is 3. The predicted octanol–water partition coefficient (Wildman–Crippen LogP) is 3.94. The van der Waals surface area contributed by atoms with Crippen molar-refractivity contribution in [2.45, 2.75) is 77.1 Å². The minimum absolute atomic E-state index is 0.212. The van der Waals surface area contributed by atoms with E-state index in [0.717, 1.165) is 80.2 Å². The molecule has 1 aromatic heterocycles. The zero-order chi connectivity index (χ0) is 27.4. The van der Waals surface area contributed by atoms with Crippen LogP contribution in [0.5, 0.6) is 5.75 Å². The highest BCUT2D eigenvalue weighted by atomic mass is 16.5. The van der Waals surface area contributed by atoms with Crippen molar-refractivity contribution in [1.29, 1.82) is 5.26 Å². The molecule has 5 rings (SSSR count). The number of benzene rings is 1. The number of nitriles is 1. The maximum Gasteiger partial charge on any atom is 0.225 e. The highest BCUT2D eigenvalue weighted by Crippen LogP contribution is 2.31. The number of hydrogen-bond acceptors (Lipinski definition) is 10. The largest absolute Gasteiger partial charge is 0.488 e. The van der Waals surface area contributed by atoms with Crippen LogP contribution in [0.2, 0.25) is 0 Å². The summed E-state index contributed by atoms with van der Waals surface area (Å²) in [5.74, 6) is 2.88. The highest BCUT2D eigenvalue weighted by Gasteiger charge is 2.34. The van der Waals surface area contributed by atoms with Gasteiger partial charge in [-0.15, -0.1) is 0 Å². The lowest BCUT2D eigenvalue weighted by atomic mass is 9.88. The van der Waals surface area contributed by atoms with E-state index < -0.39 is 0 Å². The standard InChI is InChI=1S/C29H41N9O/c1-5-21-13-20(14-22(6-2)38(21)11-7-10-30)32-29-33-26-15-23(39-24-17-37(4)18-24)8-9-25(26)28(35-29)34-27-12-19(3)16-31-36-27/h8-9,12,15,20-22,24,31H,5-7,11,13-14,16-18H2,1-4H3,(H2,32,33,34,35,36)/t20?,21-,22+. The second-order valence-electron chi connectivity index (χ2n) is 11.1. The Morgan fingerprint density at radius 1 is 1.15 bits per heavy atom. The first-order valence-electron chi connectivity index (χ1n) is 14.3. The van der Waals surface area contributed by atoms with Crippen LogP contribution in [0.1, 0.15) is 52.9 Å². The Labute approximate surface area is 231 Å². The van der Waals surface area contributed by atoms with Crippen LogP contribution in [0.15, 0.2) is 34.9 Å². The third-order valence-corrected chi connectivity index (χ3v) is 8.00. The Hall–Kier alpha value is -3.42. The van der Waals surface area contributed by atoms with Crippen LogP contribution < -0.4 is 20.8 Å². The van der Waals surface area contributed by atoms with Gasteiger partial charge >= 0.3 is 0 Å². The Morgan fingerprint density at radius 3 is 2.59 bits per heavy atom. The lowest BCUT2D eigenvalue weighted by Gasteiger charge is -2.45. The molecule has 10 heteroatoms. The van der Waals surface area contributed by atoms with Crippen LogP contribution in [0.4, 0.5) is 11.8 Å². The van der Waals surface area contributed by atoms with E-state index in [-0.39, 0.29) is 12.1 Å². The normalized spacial score (nSPS) is 24.2. The van der Waals surface area contributed by atoms with Gasteiger partial charge in [0.15, 0.2) is 5.84 Å². The molecular weight excluding hydrogens is 490 g/mol. The molecule has 3 aliphatic heterocycles. The fourth-order valence-corrected chi connectivity index (χ4v) is 5.97. The van der Waals surface area contributed by atoms with E-state index in [2.05, 4.69) is 64.8 Å². The molecule has 3 atom stereocenters. The molecule has 1 unspecified atom stereocenters. The summed E-state index contributed by atoms with van der Waals surface area (Å²) in [6.45, 7) is 10.0. The molecule has 0 amide bonds. The molecule has 3 aliphatic rings. The molecule has 39 heavy (non-hydrogen) atoms. The lowest BCUT2D eigenvalue weighted by molar-refractivity contribution is 0.0389. The topological polar surface area (TPSA) is 114 Å². The number of hydrazone groups is 1. The van der Waals surface area contributed by atoms with Crippen molar-refractivity contribution in [3.8, 4) is 11.8 Å². The van der Waals surface area contributed by atoms with Crippen LogP contribution in [0, 0.1) is 11.3 Å². The Balaban J connectivity index is 1.42. The average Bonchev–Trinajstić information content (AvgIpc) is 2.90. The Morgan fingerprint density at radius 2 is 1.92 bits per heavy atom. The van der Waals surface area contributed by atoms with E-state index in [4.69, 9.17) is 20.0 Å². The molecule has 0 saturated carbocycles. The number of amidine groups is 1. The predicted molar refractivity (Wildman–Crippen MR) is 156 cm³/mol. The van der Waals surface area contributed by atoms with Crippen molar-refractivity contribution in [3.05, 3.63) is 29.8 Å². The van der Waals surface area contributed by atoms with Crippen molar-refractivity contribution in [2.24, 2.45) is 5.10 Å². The number of likely N-dealkylation sites (tertiary alicyclic amines) is 2. The number of piperidine rings is 1. The highest BCUT2D eigenvalue weighted by molar-refractivity contribution is 6.08. The first kappa shape index (κ1) is 27.2. The smallest absolute Gasteiger partial charge is 0.225 e. The summed E-state index contributed by atoms with van der Waals surface area (Å²) in [7, 11) is 2.10. The third-order valence-electron chi connectivity index (χ3n) is 8.00. The molecule has 0 bridgehead atoms. The molecule has 2 fully saturated rings. The quantitative estimate of drug-likeness (QED) is 0.443. The molecule has 0 aliphatic carbocycles. The minimum Gasteiger partial charge on any atom is -0.488 e. The number of nitrogens with one attached hydrogen (secondary N) is 3. The van der Waals surface area contributed by atoms with Gasteiger partial charge in [-0.2, -0.15) is 15.3 Å². The number of anilines is 2. The van der Waals surface area contributed by atoms with Crippen LogP contribution in [0.25, 0.3) is 10.9 Å². The number of fused-ring (bicyclic) bond motifs is 1. The molecule has 4 heterocycles. The van der Waals surface area contributed by atoms with Crippen molar-refractivity contribution in [1.82, 2.24) is 25.2 Å². The Bertz CT molecular complexity index is 1250. The van der Waals surface area contributed by atoms with Crippen LogP contribution >= 0.6 is 0 Å². The van der Waals surface area contributed by atoms with Gasteiger partial charge < -0.3 is 20.8 Å². The zero-order valence-corrected chi connectivity index (χ0v) is 23.6. The Kier molecular flexibility index (Phi) is 8.48.